The number of para-hydroxylation sites is 2. The number of nitrogens with one attached hydrogen (secondary N) is 1. The van der Waals surface area contributed by atoms with Crippen LogP contribution in [0.3, 0.4) is 0 Å². The Hall–Kier alpha value is -2.82. The summed E-state index contributed by atoms with van der Waals surface area (Å²) in [7, 11) is 0. The highest BCUT2D eigenvalue weighted by Gasteiger charge is 2.26. The van der Waals surface area contributed by atoms with E-state index in [4.69, 9.17) is 0 Å². The number of carbonyl (C=O) groups is 2. The Balaban J connectivity index is 1.59. The van der Waals surface area contributed by atoms with Crippen molar-refractivity contribution in [2.45, 2.75) is 19.8 Å². The second kappa shape index (κ2) is 8.04. The number of benzene rings is 2. The van der Waals surface area contributed by atoms with Gasteiger partial charge in [0, 0.05) is 37.6 Å². The van der Waals surface area contributed by atoms with Crippen molar-refractivity contribution in [3.05, 3.63) is 60.2 Å². The molecule has 1 aliphatic rings. The number of amides is 2. The van der Waals surface area contributed by atoms with Crippen LogP contribution in [0.1, 0.15) is 25.3 Å². The third-order valence-electron chi connectivity index (χ3n) is 4.71. The Morgan fingerprint density at radius 2 is 1.50 bits per heavy atom. The van der Waals surface area contributed by atoms with Gasteiger partial charge in [-0.3, -0.25) is 9.59 Å². The van der Waals surface area contributed by atoms with Crippen LogP contribution in [0.15, 0.2) is 54.6 Å². The van der Waals surface area contributed by atoms with Crippen molar-refractivity contribution in [2.75, 3.05) is 36.4 Å². The minimum atomic E-state index is -0.564. The first kappa shape index (κ1) is 18.0. The number of piperazine rings is 1. The number of nitrogens with zero attached hydrogens (tertiary/aromatic N) is 2. The van der Waals surface area contributed by atoms with Crippen LogP contribution in [0.4, 0.5) is 11.4 Å². The topological polar surface area (TPSA) is 52.7 Å². The molecule has 5 heteroatoms. The molecule has 2 aromatic carbocycles. The third-order valence-corrected chi connectivity index (χ3v) is 4.71. The van der Waals surface area contributed by atoms with Gasteiger partial charge >= 0.3 is 11.8 Å². The third kappa shape index (κ3) is 4.04. The molecule has 1 N–H and O–H groups in total. The Morgan fingerprint density at radius 1 is 0.885 bits per heavy atom. The number of hydrogen-bond donors (Lipinski definition) is 1. The maximum absolute atomic E-state index is 12.5. The molecule has 2 amide bonds. The van der Waals surface area contributed by atoms with Crippen LogP contribution in [-0.2, 0) is 9.59 Å². The van der Waals surface area contributed by atoms with Crippen molar-refractivity contribution >= 4 is 23.2 Å². The fourth-order valence-corrected chi connectivity index (χ4v) is 3.24. The van der Waals surface area contributed by atoms with E-state index in [9.17, 15) is 9.59 Å². The van der Waals surface area contributed by atoms with Gasteiger partial charge < -0.3 is 15.1 Å². The molecule has 136 valence electrons. The average Bonchev–Trinajstić information content (AvgIpc) is 2.68. The lowest BCUT2D eigenvalue weighted by Gasteiger charge is -2.35. The van der Waals surface area contributed by atoms with Crippen molar-refractivity contribution in [3.63, 3.8) is 0 Å². The molecule has 1 aliphatic heterocycles. The Labute approximate surface area is 154 Å². The Morgan fingerprint density at radius 3 is 2.15 bits per heavy atom. The van der Waals surface area contributed by atoms with Crippen LogP contribution in [0.2, 0.25) is 0 Å². The fourth-order valence-electron chi connectivity index (χ4n) is 3.24. The highest BCUT2D eigenvalue weighted by molar-refractivity contribution is 6.39. The van der Waals surface area contributed by atoms with Gasteiger partial charge in [0.25, 0.3) is 0 Å². The molecule has 1 fully saturated rings. The van der Waals surface area contributed by atoms with E-state index in [0.717, 1.165) is 24.3 Å². The summed E-state index contributed by atoms with van der Waals surface area (Å²) >= 11 is 0. The van der Waals surface area contributed by atoms with E-state index in [1.54, 1.807) is 4.90 Å². The fraction of sp³-hybridized carbons (Fsp3) is 0.333. The van der Waals surface area contributed by atoms with Crippen molar-refractivity contribution in [1.82, 2.24) is 4.90 Å². The molecule has 2 aromatic rings. The van der Waals surface area contributed by atoms with Crippen LogP contribution >= 0.6 is 0 Å². The monoisotopic (exact) mass is 351 g/mol. The number of carbonyl (C=O) groups excluding carboxylic acids is 2. The predicted octanol–water partition coefficient (Wildman–Crippen LogP) is 3.10. The summed E-state index contributed by atoms with van der Waals surface area (Å²) in [5, 5.41) is 2.79. The van der Waals surface area contributed by atoms with Crippen LogP contribution in [0, 0.1) is 0 Å². The average molecular weight is 351 g/mol. The molecule has 0 aromatic heterocycles. The van der Waals surface area contributed by atoms with E-state index in [1.165, 1.54) is 0 Å². The highest BCUT2D eigenvalue weighted by Crippen LogP contribution is 2.23. The van der Waals surface area contributed by atoms with Gasteiger partial charge in [-0.15, -0.1) is 0 Å². The van der Waals surface area contributed by atoms with Gasteiger partial charge in [0.15, 0.2) is 0 Å². The molecule has 0 bridgehead atoms. The Kier molecular flexibility index (Phi) is 5.56. The first-order chi connectivity index (χ1) is 12.6. The molecular weight excluding hydrogens is 326 g/mol. The summed E-state index contributed by atoms with van der Waals surface area (Å²) in [6.45, 7) is 6.68. The molecule has 1 heterocycles. The molecule has 0 atom stereocenters. The lowest BCUT2D eigenvalue weighted by atomic mass is 10.0. The summed E-state index contributed by atoms with van der Waals surface area (Å²) in [5.74, 6) is -0.751. The largest absolute Gasteiger partial charge is 0.368 e. The Bertz CT molecular complexity index is 766. The SMILES string of the molecule is CC(C)c1ccccc1NC(=O)C(=O)N1CCN(c2ccccc2)CC1. The smallest absolute Gasteiger partial charge is 0.313 e. The molecule has 1 saturated heterocycles. The van der Waals surface area contributed by atoms with E-state index in [-0.39, 0.29) is 5.92 Å². The van der Waals surface area contributed by atoms with E-state index >= 15 is 0 Å². The van der Waals surface area contributed by atoms with E-state index in [2.05, 4.69) is 36.2 Å². The standard InChI is InChI=1S/C21H25N3O2/c1-16(2)18-10-6-7-11-19(18)22-20(25)21(26)24-14-12-23(13-15-24)17-8-4-3-5-9-17/h3-11,16H,12-15H2,1-2H3,(H,22,25). The van der Waals surface area contributed by atoms with Crippen LogP contribution in [-0.4, -0.2) is 42.9 Å². The van der Waals surface area contributed by atoms with Gasteiger partial charge in [-0.1, -0.05) is 50.2 Å². The van der Waals surface area contributed by atoms with Crippen LogP contribution in [0.5, 0.6) is 0 Å². The van der Waals surface area contributed by atoms with Crippen molar-refractivity contribution in [1.29, 1.82) is 0 Å². The van der Waals surface area contributed by atoms with Crippen molar-refractivity contribution in [2.24, 2.45) is 0 Å². The maximum Gasteiger partial charge on any atom is 0.313 e. The second-order valence-electron chi connectivity index (χ2n) is 6.81. The molecule has 5 nitrogen and oxygen atoms in total. The second-order valence-corrected chi connectivity index (χ2v) is 6.81. The maximum atomic E-state index is 12.5. The van der Waals surface area contributed by atoms with Gasteiger partial charge in [0.1, 0.15) is 0 Å². The zero-order valence-corrected chi connectivity index (χ0v) is 15.3. The van der Waals surface area contributed by atoms with Gasteiger partial charge in [0.05, 0.1) is 0 Å². The first-order valence-electron chi connectivity index (χ1n) is 9.05. The van der Waals surface area contributed by atoms with Crippen LogP contribution < -0.4 is 10.2 Å². The summed E-state index contributed by atoms with van der Waals surface area (Å²) < 4.78 is 0. The van der Waals surface area contributed by atoms with E-state index in [0.29, 0.717) is 18.8 Å². The quantitative estimate of drug-likeness (QED) is 0.865. The first-order valence-corrected chi connectivity index (χ1v) is 9.05. The minimum absolute atomic E-state index is 0.274. The van der Waals surface area contributed by atoms with Gasteiger partial charge in [-0.25, -0.2) is 0 Å². The summed E-state index contributed by atoms with van der Waals surface area (Å²) in [6, 6.07) is 17.7. The number of hydrogen-bond acceptors (Lipinski definition) is 3. The summed E-state index contributed by atoms with van der Waals surface area (Å²) in [4.78, 5) is 28.8. The molecule has 0 aliphatic carbocycles. The zero-order chi connectivity index (χ0) is 18.5. The molecule has 0 saturated carbocycles. The van der Waals surface area contributed by atoms with Gasteiger partial charge in [-0.2, -0.15) is 0 Å². The number of rotatable bonds is 3. The molecule has 0 unspecified atom stereocenters. The molecule has 0 radical (unpaired) electrons. The zero-order valence-electron chi connectivity index (χ0n) is 15.3. The van der Waals surface area contributed by atoms with Crippen LogP contribution in [0.25, 0.3) is 0 Å². The van der Waals surface area contributed by atoms with E-state index < -0.39 is 11.8 Å². The van der Waals surface area contributed by atoms with Gasteiger partial charge in [0.2, 0.25) is 0 Å². The van der Waals surface area contributed by atoms with Gasteiger partial charge in [-0.05, 0) is 29.7 Å². The summed E-state index contributed by atoms with van der Waals surface area (Å²) in [5.41, 5.74) is 2.89. The molecule has 26 heavy (non-hydrogen) atoms. The van der Waals surface area contributed by atoms with Crippen molar-refractivity contribution in [3.8, 4) is 0 Å². The minimum Gasteiger partial charge on any atom is -0.368 e. The number of anilines is 2. The molecular formula is C21H25N3O2. The van der Waals surface area contributed by atoms with Crippen molar-refractivity contribution < 1.29 is 9.59 Å². The lowest BCUT2D eigenvalue weighted by molar-refractivity contribution is -0.143. The molecule has 0 spiro atoms. The normalized spacial score (nSPS) is 14.4. The lowest BCUT2D eigenvalue weighted by Crippen LogP contribution is -2.51. The molecule has 3 rings (SSSR count). The highest BCUT2D eigenvalue weighted by atomic mass is 16.2. The predicted molar refractivity (Wildman–Crippen MR) is 104 cm³/mol. The van der Waals surface area contributed by atoms with E-state index in [1.807, 2.05) is 42.5 Å². The summed E-state index contributed by atoms with van der Waals surface area (Å²) in [6.07, 6.45) is 0.